The Morgan fingerprint density at radius 1 is 1.04 bits per heavy atom. The molecular formula is C20H22N2O2S. The zero-order chi connectivity index (χ0) is 17.8. The summed E-state index contributed by atoms with van der Waals surface area (Å²) in [7, 11) is 0. The number of hydrogen-bond acceptors (Lipinski definition) is 3. The topological polar surface area (TPSA) is 58.2 Å². The standard InChI is InChI=1S/C20H22N2O2S/c1-13-6-10-16(11-7-13)21-19(23)14(2)25-18-5-3-4-17(12-18)22-20(24)15-8-9-15/h3-7,10-12,14-15H,8-9H2,1-2H3,(H,21,23)(H,22,24). The number of carbonyl (C=O) groups is 2. The molecule has 0 aliphatic heterocycles. The molecule has 130 valence electrons. The highest BCUT2D eigenvalue weighted by Gasteiger charge is 2.29. The Kier molecular flexibility index (Phi) is 5.43. The normalized spacial score (nSPS) is 14.6. The number of nitrogens with one attached hydrogen (secondary N) is 2. The van der Waals surface area contributed by atoms with Gasteiger partial charge < -0.3 is 10.6 Å². The minimum absolute atomic E-state index is 0.0405. The molecule has 1 atom stereocenters. The molecule has 0 radical (unpaired) electrons. The number of amides is 2. The molecule has 0 spiro atoms. The van der Waals surface area contributed by atoms with E-state index in [0.29, 0.717) is 0 Å². The second kappa shape index (κ2) is 7.74. The second-order valence-electron chi connectivity index (χ2n) is 6.41. The average Bonchev–Trinajstić information content (AvgIpc) is 3.42. The van der Waals surface area contributed by atoms with E-state index in [0.717, 1.165) is 34.7 Å². The number of aryl methyl sites for hydroxylation is 1. The number of rotatable bonds is 6. The summed E-state index contributed by atoms with van der Waals surface area (Å²) in [5.41, 5.74) is 2.74. The zero-order valence-corrected chi connectivity index (χ0v) is 15.2. The third-order valence-corrected chi connectivity index (χ3v) is 5.14. The molecule has 0 saturated heterocycles. The van der Waals surface area contributed by atoms with Gasteiger partial charge in [0, 0.05) is 22.2 Å². The Hall–Kier alpha value is -2.27. The van der Waals surface area contributed by atoms with E-state index >= 15 is 0 Å². The van der Waals surface area contributed by atoms with Gasteiger partial charge >= 0.3 is 0 Å². The van der Waals surface area contributed by atoms with Crippen molar-refractivity contribution in [3.05, 3.63) is 54.1 Å². The largest absolute Gasteiger partial charge is 0.326 e. The molecule has 1 saturated carbocycles. The van der Waals surface area contributed by atoms with E-state index in [2.05, 4.69) is 10.6 Å². The Bertz CT molecular complexity index is 770. The van der Waals surface area contributed by atoms with Gasteiger partial charge in [-0.1, -0.05) is 23.8 Å². The average molecular weight is 354 g/mol. The summed E-state index contributed by atoms with van der Waals surface area (Å²) >= 11 is 1.48. The van der Waals surface area contributed by atoms with Crippen LogP contribution in [0.15, 0.2) is 53.4 Å². The maximum atomic E-state index is 12.4. The SMILES string of the molecule is Cc1ccc(NC(=O)C(C)Sc2cccc(NC(=O)C3CC3)c2)cc1. The van der Waals surface area contributed by atoms with Crippen molar-refractivity contribution in [1.29, 1.82) is 0 Å². The first-order chi connectivity index (χ1) is 12.0. The predicted octanol–water partition coefficient (Wildman–Crippen LogP) is 4.46. The van der Waals surface area contributed by atoms with E-state index in [4.69, 9.17) is 0 Å². The third kappa shape index (κ3) is 5.10. The molecule has 3 rings (SSSR count). The number of carbonyl (C=O) groups excluding carboxylic acids is 2. The summed E-state index contributed by atoms with van der Waals surface area (Å²) in [5.74, 6) is 0.226. The fourth-order valence-electron chi connectivity index (χ4n) is 2.38. The lowest BCUT2D eigenvalue weighted by Gasteiger charge is -2.13. The van der Waals surface area contributed by atoms with Gasteiger partial charge in [-0.05, 0) is 57.0 Å². The number of thioether (sulfide) groups is 1. The minimum atomic E-state index is -0.240. The molecular weight excluding hydrogens is 332 g/mol. The molecule has 4 nitrogen and oxygen atoms in total. The van der Waals surface area contributed by atoms with Crippen molar-refractivity contribution in [2.45, 2.75) is 36.8 Å². The molecule has 1 aliphatic carbocycles. The van der Waals surface area contributed by atoms with Crippen LogP contribution in [0.2, 0.25) is 0 Å². The first kappa shape index (κ1) is 17.5. The second-order valence-corrected chi connectivity index (χ2v) is 7.82. The predicted molar refractivity (Wildman–Crippen MR) is 103 cm³/mol. The Morgan fingerprint density at radius 2 is 1.76 bits per heavy atom. The van der Waals surface area contributed by atoms with Crippen LogP contribution in [0.25, 0.3) is 0 Å². The van der Waals surface area contributed by atoms with Crippen molar-refractivity contribution in [1.82, 2.24) is 0 Å². The minimum Gasteiger partial charge on any atom is -0.326 e. The van der Waals surface area contributed by atoms with Crippen LogP contribution in [0.5, 0.6) is 0 Å². The maximum Gasteiger partial charge on any atom is 0.237 e. The summed E-state index contributed by atoms with van der Waals surface area (Å²) < 4.78 is 0. The van der Waals surface area contributed by atoms with E-state index in [1.54, 1.807) is 0 Å². The van der Waals surface area contributed by atoms with Crippen molar-refractivity contribution >= 4 is 35.0 Å². The van der Waals surface area contributed by atoms with Crippen LogP contribution in [-0.2, 0) is 9.59 Å². The number of anilines is 2. The van der Waals surface area contributed by atoms with E-state index in [-0.39, 0.29) is 23.0 Å². The lowest BCUT2D eigenvalue weighted by atomic mass is 10.2. The quantitative estimate of drug-likeness (QED) is 0.753. The highest BCUT2D eigenvalue weighted by Crippen LogP contribution is 2.31. The first-order valence-corrected chi connectivity index (χ1v) is 9.34. The fourth-order valence-corrected chi connectivity index (χ4v) is 3.30. The highest BCUT2D eigenvalue weighted by molar-refractivity contribution is 8.00. The summed E-state index contributed by atoms with van der Waals surface area (Å²) in [5, 5.41) is 5.63. The van der Waals surface area contributed by atoms with Crippen molar-refractivity contribution in [3.8, 4) is 0 Å². The summed E-state index contributed by atoms with van der Waals surface area (Å²) in [6.07, 6.45) is 1.97. The van der Waals surface area contributed by atoms with Crippen LogP contribution >= 0.6 is 11.8 Å². The van der Waals surface area contributed by atoms with Crippen molar-refractivity contribution in [2.24, 2.45) is 5.92 Å². The van der Waals surface area contributed by atoms with E-state index < -0.39 is 0 Å². The Labute approximate surface area is 152 Å². The molecule has 0 bridgehead atoms. The first-order valence-electron chi connectivity index (χ1n) is 8.46. The van der Waals surface area contributed by atoms with Crippen LogP contribution in [0.1, 0.15) is 25.3 Å². The summed E-state index contributed by atoms with van der Waals surface area (Å²) in [6, 6.07) is 15.4. The van der Waals surface area contributed by atoms with Gasteiger partial charge in [0.1, 0.15) is 0 Å². The van der Waals surface area contributed by atoms with Gasteiger partial charge in [-0.2, -0.15) is 0 Å². The van der Waals surface area contributed by atoms with Crippen LogP contribution in [0.3, 0.4) is 0 Å². The van der Waals surface area contributed by atoms with Gasteiger partial charge in [0.15, 0.2) is 0 Å². The fraction of sp³-hybridized carbons (Fsp3) is 0.300. The molecule has 2 N–H and O–H groups in total. The molecule has 5 heteroatoms. The van der Waals surface area contributed by atoms with Crippen LogP contribution in [0.4, 0.5) is 11.4 Å². The highest BCUT2D eigenvalue weighted by atomic mass is 32.2. The maximum absolute atomic E-state index is 12.4. The summed E-state index contributed by atoms with van der Waals surface area (Å²) in [6.45, 7) is 3.89. The Balaban J connectivity index is 1.57. The lowest BCUT2D eigenvalue weighted by molar-refractivity contribution is -0.117. The van der Waals surface area contributed by atoms with Crippen molar-refractivity contribution < 1.29 is 9.59 Å². The Morgan fingerprint density at radius 3 is 2.44 bits per heavy atom. The van der Waals surface area contributed by atoms with Gasteiger partial charge in [-0.3, -0.25) is 9.59 Å². The van der Waals surface area contributed by atoms with Crippen LogP contribution < -0.4 is 10.6 Å². The lowest BCUT2D eigenvalue weighted by Crippen LogP contribution is -2.22. The molecule has 0 heterocycles. The van der Waals surface area contributed by atoms with Crippen LogP contribution in [0, 0.1) is 12.8 Å². The van der Waals surface area contributed by atoms with E-state index in [1.165, 1.54) is 11.8 Å². The molecule has 1 aliphatic rings. The smallest absolute Gasteiger partial charge is 0.237 e. The molecule has 2 amide bonds. The molecule has 2 aromatic rings. The van der Waals surface area contributed by atoms with Gasteiger partial charge in [-0.25, -0.2) is 0 Å². The van der Waals surface area contributed by atoms with Crippen molar-refractivity contribution in [3.63, 3.8) is 0 Å². The van der Waals surface area contributed by atoms with Gasteiger partial charge in [0.25, 0.3) is 0 Å². The van der Waals surface area contributed by atoms with E-state index in [1.807, 2.05) is 62.4 Å². The van der Waals surface area contributed by atoms with E-state index in [9.17, 15) is 9.59 Å². The zero-order valence-electron chi connectivity index (χ0n) is 14.4. The monoisotopic (exact) mass is 354 g/mol. The molecule has 1 fully saturated rings. The number of benzene rings is 2. The molecule has 25 heavy (non-hydrogen) atoms. The number of hydrogen-bond donors (Lipinski definition) is 2. The van der Waals surface area contributed by atoms with Gasteiger partial charge in [0.05, 0.1) is 5.25 Å². The molecule has 0 aromatic heterocycles. The molecule has 2 aromatic carbocycles. The third-order valence-electron chi connectivity index (χ3n) is 4.05. The van der Waals surface area contributed by atoms with Gasteiger partial charge in [-0.15, -0.1) is 11.8 Å². The van der Waals surface area contributed by atoms with Crippen LogP contribution in [-0.4, -0.2) is 17.1 Å². The molecule has 1 unspecified atom stereocenters. The van der Waals surface area contributed by atoms with Crippen molar-refractivity contribution in [2.75, 3.05) is 10.6 Å². The summed E-state index contributed by atoms with van der Waals surface area (Å²) in [4.78, 5) is 25.2. The van der Waals surface area contributed by atoms with Gasteiger partial charge in [0.2, 0.25) is 11.8 Å².